The van der Waals surface area contributed by atoms with E-state index in [4.69, 9.17) is 10.9 Å². The van der Waals surface area contributed by atoms with Crippen LogP contribution >= 0.6 is 0 Å². The van der Waals surface area contributed by atoms with E-state index in [1.165, 1.54) is 0 Å². The van der Waals surface area contributed by atoms with Crippen molar-refractivity contribution in [1.82, 2.24) is 0 Å². The first kappa shape index (κ1) is 11.3. The number of nitrogens with two attached hydrogens (primary N) is 1. The van der Waals surface area contributed by atoms with Crippen molar-refractivity contribution in [3.8, 4) is 0 Å². The molecule has 0 radical (unpaired) electrons. The number of hydrogen-bond acceptors (Lipinski definition) is 3. The summed E-state index contributed by atoms with van der Waals surface area (Å²) in [6.07, 6.45) is -4.60. The molecule has 0 aliphatic carbocycles. The van der Waals surface area contributed by atoms with E-state index in [9.17, 15) is 18.0 Å². The number of carboxylic acid groups (broad SMARTS) is 1. The molecule has 82 valence electrons. The molecule has 0 saturated heterocycles. The predicted molar refractivity (Wildman–Crippen MR) is 46.2 cm³/mol. The van der Waals surface area contributed by atoms with Crippen molar-refractivity contribution in [2.45, 2.75) is 6.18 Å². The molecule has 0 atom stereocenters. The molecule has 1 aromatic carbocycles. The average Bonchev–Trinajstić information content (AvgIpc) is 2.15. The lowest BCUT2D eigenvalue weighted by Crippen LogP contribution is -2.12. The molecule has 1 rings (SSSR count). The Hall–Kier alpha value is -1.76. The van der Waals surface area contributed by atoms with Gasteiger partial charge in [-0.1, -0.05) is 0 Å². The van der Waals surface area contributed by atoms with Gasteiger partial charge in [0, 0.05) is 5.69 Å². The second kappa shape index (κ2) is 3.77. The quantitative estimate of drug-likeness (QED) is 0.523. The van der Waals surface area contributed by atoms with Crippen molar-refractivity contribution >= 4 is 11.7 Å². The van der Waals surface area contributed by atoms with E-state index in [-0.39, 0.29) is 5.69 Å². The molecule has 0 aliphatic heterocycles. The molecule has 0 saturated carbocycles. The second-order valence-electron chi connectivity index (χ2n) is 2.75. The van der Waals surface area contributed by atoms with Crippen LogP contribution in [0.1, 0.15) is 15.9 Å². The highest BCUT2D eigenvalue weighted by Gasteiger charge is 2.31. The Bertz CT molecular complexity index is 390. The van der Waals surface area contributed by atoms with Gasteiger partial charge in [-0.3, -0.25) is 5.84 Å². The van der Waals surface area contributed by atoms with Gasteiger partial charge in [-0.2, -0.15) is 13.2 Å². The van der Waals surface area contributed by atoms with E-state index in [1.54, 1.807) is 0 Å². The average molecular weight is 220 g/mol. The summed E-state index contributed by atoms with van der Waals surface area (Å²) in [6, 6.07) is 2.28. The summed E-state index contributed by atoms with van der Waals surface area (Å²) < 4.78 is 36.9. The highest BCUT2D eigenvalue weighted by Crippen LogP contribution is 2.31. The van der Waals surface area contributed by atoms with Crippen LogP contribution in [0.2, 0.25) is 0 Å². The van der Waals surface area contributed by atoms with Crippen molar-refractivity contribution in [1.29, 1.82) is 0 Å². The van der Waals surface area contributed by atoms with E-state index >= 15 is 0 Å². The molecule has 0 spiro atoms. The Balaban J connectivity index is 3.30. The standard InChI is InChI=1S/C8H7F3N2O2/c9-8(10,11)5-1-4(7(14)15)2-6(3-5)13-12/h1-3,13H,12H2,(H,14,15). The Kier molecular flexibility index (Phi) is 2.85. The fourth-order valence-corrected chi connectivity index (χ4v) is 0.998. The van der Waals surface area contributed by atoms with Gasteiger partial charge in [0.15, 0.2) is 0 Å². The molecule has 0 unspecified atom stereocenters. The Labute approximate surface area is 82.5 Å². The van der Waals surface area contributed by atoms with Gasteiger partial charge < -0.3 is 10.5 Å². The monoisotopic (exact) mass is 220 g/mol. The first-order chi connectivity index (χ1) is 6.84. The minimum absolute atomic E-state index is 0.109. The smallest absolute Gasteiger partial charge is 0.416 e. The third-order valence-electron chi connectivity index (χ3n) is 1.67. The predicted octanol–water partition coefficient (Wildman–Crippen LogP) is 1.69. The van der Waals surface area contributed by atoms with Gasteiger partial charge in [-0.15, -0.1) is 0 Å². The molecule has 4 nitrogen and oxygen atoms in total. The summed E-state index contributed by atoms with van der Waals surface area (Å²) in [5.41, 5.74) is 0.328. The molecule has 0 heterocycles. The normalized spacial score (nSPS) is 11.2. The van der Waals surface area contributed by atoms with Gasteiger partial charge in [0.1, 0.15) is 0 Å². The topological polar surface area (TPSA) is 75.3 Å². The summed E-state index contributed by atoms with van der Waals surface area (Å²) >= 11 is 0. The Morgan fingerprint density at radius 3 is 2.33 bits per heavy atom. The van der Waals surface area contributed by atoms with Crippen molar-refractivity contribution in [2.75, 3.05) is 5.43 Å². The van der Waals surface area contributed by atoms with Gasteiger partial charge in [0.25, 0.3) is 0 Å². The molecule has 15 heavy (non-hydrogen) atoms. The number of hydrazine groups is 1. The first-order valence-electron chi connectivity index (χ1n) is 3.77. The van der Waals surface area contributed by atoms with Crippen molar-refractivity contribution in [3.05, 3.63) is 29.3 Å². The zero-order valence-corrected chi connectivity index (χ0v) is 7.30. The summed E-state index contributed by atoms with van der Waals surface area (Å²) in [6.45, 7) is 0. The van der Waals surface area contributed by atoms with Gasteiger partial charge >= 0.3 is 12.1 Å². The summed E-state index contributed by atoms with van der Waals surface area (Å²) in [5, 5.41) is 8.56. The zero-order chi connectivity index (χ0) is 11.6. The van der Waals surface area contributed by atoms with Crippen LogP contribution in [0.3, 0.4) is 0 Å². The van der Waals surface area contributed by atoms with Crippen LogP contribution in [0.4, 0.5) is 18.9 Å². The number of halogens is 3. The van der Waals surface area contributed by atoms with Crippen LogP contribution < -0.4 is 11.3 Å². The summed E-state index contributed by atoms with van der Waals surface area (Å²) in [7, 11) is 0. The largest absolute Gasteiger partial charge is 0.478 e. The molecule has 4 N–H and O–H groups in total. The molecular weight excluding hydrogens is 213 g/mol. The maximum Gasteiger partial charge on any atom is 0.416 e. The second-order valence-corrected chi connectivity index (χ2v) is 2.75. The lowest BCUT2D eigenvalue weighted by molar-refractivity contribution is -0.137. The molecule has 0 amide bonds. The number of carbonyl (C=O) groups is 1. The number of rotatable bonds is 2. The van der Waals surface area contributed by atoms with Crippen LogP contribution in [-0.4, -0.2) is 11.1 Å². The molecule has 0 bridgehead atoms. The number of nitrogens with one attached hydrogen (secondary N) is 1. The number of carboxylic acids is 1. The Morgan fingerprint density at radius 2 is 1.93 bits per heavy atom. The SMILES string of the molecule is NNc1cc(C(=O)O)cc(C(F)(F)F)c1. The Morgan fingerprint density at radius 1 is 1.33 bits per heavy atom. The molecule has 7 heteroatoms. The number of aromatic carboxylic acids is 1. The summed E-state index contributed by atoms with van der Waals surface area (Å²) in [5.74, 6) is 3.47. The highest BCUT2D eigenvalue weighted by atomic mass is 19.4. The minimum atomic E-state index is -4.60. The third-order valence-corrected chi connectivity index (χ3v) is 1.67. The lowest BCUT2D eigenvalue weighted by atomic mass is 10.1. The van der Waals surface area contributed by atoms with Crippen molar-refractivity contribution < 1.29 is 23.1 Å². The van der Waals surface area contributed by atoms with E-state index in [0.29, 0.717) is 6.07 Å². The van der Waals surface area contributed by atoms with E-state index in [0.717, 1.165) is 12.1 Å². The molecule has 1 aromatic rings. The fourth-order valence-electron chi connectivity index (χ4n) is 0.998. The minimum Gasteiger partial charge on any atom is -0.478 e. The van der Waals surface area contributed by atoms with Crippen LogP contribution in [0.5, 0.6) is 0 Å². The van der Waals surface area contributed by atoms with Crippen LogP contribution in [0.15, 0.2) is 18.2 Å². The number of nitrogen functional groups attached to an aromatic ring is 1. The van der Waals surface area contributed by atoms with Gasteiger partial charge in [0.2, 0.25) is 0 Å². The fraction of sp³-hybridized carbons (Fsp3) is 0.125. The number of hydrogen-bond donors (Lipinski definition) is 3. The zero-order valence-electron chi connectivity index (χ0n) is 7.30. The first-order valence-corrected chi connectivity index (χ1v) is 3.77. The lowest BCUT2D eigenvalue weighted by Gasteiger charge is -2.09. The van der Waals surface area contributed by atoms with E-state index in [2.05, 4.69) is 0 Å². The van der Waals surface area contributed by atoms with Gasteiger partial charge in [-0.25, -0.2) is 4.79 Å². The van der Waals surface area contributed by atoms with Gasteiger partial charge in [-0.05, 0) is 18.2 Å². The van der Waals surface area contributed by atoms with Crippen LogP contribution in [-0.2, 0) is 6.18 Å². The van der Waals surface area contributed by atoms with Gasteiger partial charge in [0.05, 0.1) is 11.1 Å². The maximum absolute atomic E-state index is 12.3. The van der Waals surface area contributed by atoms with E-state index < -0.39 is 23.3 Å². The third kappa shape index (κ3) is 2.59. The maximum atomic E-state index is 12.3. The molecule has 0 fully saturated rings. The molecular formula is C8H7F3N2O2. The summed E-state index contributed by atoms with van der Waals surface area (Å²) in [4.78, 5) is 10.5. The highest BCUT2D eigenvalue weighted by molar-refractivity contribution is 5.89. The number of benzene rings is 1. The van der Waals surface area contributed by atoms with Crippen LogP contribution in [0, 0.1) is 0 Å². The number of alkyl halides is 3. The number of anilines is 1. The molecule has 0 aliphatic rings. The van der Waals surface area contributed by atoms with Crippen molar-refractivity contribution in [3.63, 3.8) is 0 Å². The van der Waals surface area contributed by atoms with E-state index in [1.807, 2.05) is 5.43 Å². The molecule has 0 aromatic heterocycles. The van der Waals surface area contributed by atoms with Crippen LogP contribution in [0.25, 0.3) is 0 Å². The van der Waals surface area contributed by atoms with Crippen molar-refractivity contribution in [2.24, 2.45) is 5.84 Å².